The van der Waals surface area contributed by atoms with Gasteiger partial charge in [0, 0.05) is 12.6 Å². The molecule has 6 nitrogen and oxygen atoms in total. The highest BCUT2D eigenvalue weighted by Crippen LogP contribution is 2.29. The fourth-order valence-corrected chi connectivity index (χ4v) is 4.91. The molecule has 0 bridgehead atoms. The van der Waals surface area contributed by atoms with Gasteiger partial charge in [-0.1, -0.05) is 24.3 Å². The molecule has 0 radical (unpaired) electrons. The van der Waals surface area contributed by atoms with Crippen molar-refractivity contribution in [1.82, 2.24) is 9.44 Å². The maximum absolute atomic E-state index is 12.6. The maximum Gasteiger partial charge on any atom is 0.416 e. The van der Waals surface area contributed by atoms with Gasteiger partial charge < -0.3 is 0 Å². The summed E-state index contributed by atoms with van der Waals surface area (Å²) in [5.74, 6) is -0.206. The molecule has 29 heavy (non-hydrogen) atoms. The summed E-state index contributed by atoms with van der Waals surface area (Å²) in [6.07, 6.45) is -4.55. The van der Waals surface area contributed by atoms with Crippen LogP contribution >= 0.6 is 0 Å². The number of rotatable bonds is 8. The summed E-state index contributed by atoms with van der Waals surface area (Å²) in [7, 11) is -7.47. The fraction of sp³-hybridized carbons (Fsp3) is 0.333. The van der Waals surface area contributed by atoms with Gasteiger partial charge in [-0.3, -0.25) is 0 Å². The monoisotopic (exact) mass is 450 g/mol. The molecule has 0 fully saturated rings. The minimum absolute atomic E-state index is 0.0966. The highest BCUT2D eigenvalue weighted by atomic mass is 32.2. The van der Waals surface area contributed by atoms with E-state index in [0.717, 1.165) is 12.1 Å². The first kappa shape index (κ1) is 23.3. The Morgan fingerprint density at radius 2 is 1.38 bits per heavy atom. The van der Waals surface area contributed by atoms with Gasteiger partial charge in [0.2, 0.25) is 20.0 Å². The molecule has 2 aromatic carbocycles. The van der Waals surface area contributed by atoms with E-state index < -0.39 is 31.8 Å². The first-order chi connectivity index (χ1) is 13.3. The van der Waals surface area contributed by atoms with Crippen molar-refractivity contribution in [2.24, 2.45) is 0 Å². The highest BCUT2D eigenvalue weighted by Gasteiger charge is 2.30. The summed E-state index contributed by atoms with van der Waals surface area (Å²) in [6.45, 7) is 3.33. The molecule has 0 aromatic heterocycles. The van der Waals surface area contributed by atoms with E-state index in [4.69, 9.17) is 0 Å². The number of halogens is 3. The first-order valence-electron chi connectivity index (χ1n) is 8.53. The van der Waals surface area contributed by atoms with Crippen LogP contribution in [0.15, 0.2) is 53.4 Å². The van der Waals surface area contributed by atoms with Gasteiger partial charge in [-0.05, 0) is 49.2 Å². The normalized spacial score (nSPS) is 13.0. The zero-order valence-corrected chi connectivity index (χ0v) is 17.3. The third kappa shape index (κ3) is 7.11. The van der Waals surface area contributed by atoms with Gasteiger partial charge in [0.05, 0.1) is 16.2 Å². The summed E-state index contributed by atoms with van der Waals surface area (Å²) < 4.78 is 90.8. The van der Waals surface area contributed by atoms with Crippen molar-refractivity contribution in [1.29, 1.82) is 0 Å². The number of benzene rings is 2. The third-order valence-electron chi connectivity index (χ3n) is 3.75. The molecule has 0 unspecified atom stereocenters. The fourth-order valence-electron chi connectivity index (χ4n) is 2.46. The van der Waals surface area contributed by atoms with E-state index in [0.29, 0.717) is 23.3 Å². The molecule has 0 heterocycles. The quantitative estimate of drug-likeness (QED) is 0.647. The largest absolute Gasteiger partial charge is 0.416 e. The predicted octanol–water partition coefficient (Wildman–Crippen LogP) is 3.01. The van der Waals surface area contributed by atoms with Crippen LogP contribution < -0.4 is 9.44 Å². The standard InChI is InChI=1S/C18H21F3N2O4S2/c1-13(2)23-28(24,25)12-15-5-3-14(4-6-15)11-22-29(26,27)17-9-7-16(8-10-17)18(19,20)21/h3-10,13,22-23H,11-12H2,1-2H3. The van der Waals surface area contributed by atoms with Crippen molar-refractivity contribution >= 4 is 20.0 Å². The molecule has 0 aliphatic carbocycles. The summed E-state index contributed by atoms with van der Waals surface area (Å²) >= 11 is 0. The molecular formula is C18H21F3N2O4S2. The molecule has 160 valence electrons. The zero-order valence-electron chi connectivity index (χ0n) is 15.7. The summed E-state index contributed by atoms with van der Waals surface area (Å²) in [6, 6.07) is 9.26. The molecule has 0 atom stereocenters. The topological polar surface area (TPSA) is 92.3 Å². The minimum Gasteiger partial charge on any atom is -0.212 e. The van der Waals surface area contributed by atoms with Crippen LogP contribution in [-0.2, 0) is 38.5 Å². The van der Waals surface area contributed by atoms with Crippen LogP contribution in [0, 0.1) is 0 Å². The summed E-state index contributed by atoms with van der Waals surface area (Å²) in [4.78, 5) is -0.284. The van der Waals surface area contributed by atoms with Crippen LogP contribution in [0.4, 0.5) is 13.2 Å². The Morgan fingerprint density at radius 3 is 1.86 bits per heavy atom. The first-order valence-corrected chi connectivity index (χ1v) is 11.7. The molecule has 0 spiro atoms. The van der Waals surface area contributed by atoms with E-state index in [2.05, 4.69) is 9.44 Å². The minimum atomic E-state index is -4.55. The van der Waals surface area contributed by atoms with Crippen molar-refractivity contribution < 1.29 is 30.0 Å². The SMILES string of the molecule is CC(C)NS(=O)(=O)Cc1ccc(CNS(=O)(=O)c2ccc(C(F)(F)F)cc2)cc1. The second-order valence-corrected chi connectivity index (χ2v) is 10.2. The van der Waals surface area contributed by atoms with E-state index in [1.54, 1.807) is 38.1 Å². The third-order valence-corrected chi connectivity index (χ3v) is 6.71. The van der Waals surface area contributed by atoms with Gasteiger partial charge in [-0.2, -0.15) is 13.2 Å². The van der Waals surface area contributed by atoms with Gasteiger partial charge in [-0.15, -0.1) is 0 Å². The Balaban J connectivity index is 2.02. The Bertz CT molecular complexity index is 1030. The van der Waals surface area contributed by atoms with Crippen LogP contribution in [0.1, 0.15) is 30.5 Å². The molecule has 0 aliphatic rings. The van der Waals surface area contributed by atoms with E-state index >= 15 is 0 Å². The number of sulfonamides is 2. The zero-order chi connectivity index (χ0) is 21.9. The summed E-state index contributed by atoms with van der Waals surface area (Å²) in [5, 5.41) is 0. The van der Waals surface area contributed by atoms with Crippen molar-refractivity contribution in [3.05, 3.63) is 65.2 Å². The Hall–Kier alpha value is -1.95. The van der Waals surface area contributed by atoms with E-state index in [1.807, 2.05) is 0 Å². The number of hydrogen-bond donors (Lipinski definition) is 2. The lowest BCUT2D eigenvalue weighted by Gasteiger charge is -2.11. The Labute approximate surface area is 168 Å². The molecular weight excluding hydrogens is 429 g/mol. The molecule has 2 aromatic rings. The van der Waals surface area contributed by atoms with Crippen LogP contribution in [-0.4, -0.2) is 22.9 Å². The number of alkyl halides is 3. The lowest BCUT2D eigenvalue weighted by atomic mass is 10.1. The second-order valence-electron chi connectivity index (χ2n) is 6.69. The van der Waals surface area contributed by atoms with Gasteiger partial charge in [0.25, 0.3) is 0 Å². The smallest absolute Gasteiger partial charge is 0.212 e. The lowest BCUT2D eigenvalue weighted by molar-refractivity contribution is -0.137. The molecule has 2 N–H and O–H groups in total. The molecule has 0 aliphatic heterocycles. The van der Waals surface area contributed by atoms with Crippen molar-refractivity contribution in [2.45, 2.75) is 43.3 Å². The number of nitrogens with one attached hydrogen (secondary N) is 2. The van der Waals surface area contributed by atoms with Gasteiger partial charge in [0.1, 0.15) is 0 Å². The van der Waals surface area contributed by atoms with Crippen LogP contribution in [0.2, 0.25) is 0 Å². The van der Waals surface area contributed by atoms with Crippen molar-refractivity contribution in [2.75, 3.05) is 0 Å². The lowest BCUT2D eigenvalue weighted by Crippen LogP contribution is -2.31. The van der Waals surface area contributed by atoms with Crippen molar-refractivity contribution in [3.63, 3.8) is 0 Å². The maximum atomic E-state index is 12.6. The molecule has 0 amide bonds. The van der Waals surface area contributed by atoms with Gasteiger partial charge in [-0.25, -0.2) is 26.3 Å². The molecule has 11 heteroatoms. The van der Waals surface area contributed by atoms with Crippen LogP contribution in [0.3, 0.4) is 0 Å². The van der Waals surface area contributed by atoms with Crippen molar-refractivity contribution in [3.8, 4) is 0 Å². The van der Waals surface area contributed by atoms with Gasteiger partial charge in [0.15, 0.2) is 0 Å². The Kier molecular flexibility index (Phi) is 7.10. The van der Waals surface area contributed by atoms with E-state index in [-0.39, 0.29) is 23.2 Å². The summed E-state index contributed by atoms with van der Waals surface area (Å²) in [5.41, 5.74) is 0.167. The molecule has 0 saturated heterocycles. The second kappa shape index (κ2) is 8.82. The number of hydrogen-bond acceptors (Lipinski definition) is 4. The molecule has 2 rings (SSSR count). The predicted molar refractivity (Wildman–Crippen MR) is 103 cm³/mol. The van der Waals surface area contributed by atoms with E-state index in [1.165, 1.54) is 0 Å². The van der Waals surface area contributed by atoms with Crippen LogP contribution in [0.25, 0.3) is 0 Å². The average Bonchev–Trinajstić information content (AvgIpc) is 2.59. The van der Waals surface area contributed by atoms with Gasteiger partial charge >= 0.3 is 6.18 Å². The van der Waals surface area contributed by atoms with E-state index in [9.17, 15) is 30.0 Å². The Morgan fingerprint density at radius 1 is 0.862 bits per heavy atom. The average molecular weight is 451 g/mol. The molecule has 0 saturated carbocycles. The highest BCUT2D eigenvalue weighted by molar-refractivity contribution is 7.89. The van der Waals surface area contributed by atoms with Crippen LogP contribution in [0.5, 0.6) is 0 Å².